The van der Waals surface area contributed by atoms with Crippen molar-refractivity contribution in [2.45, 2.75) is 117 Å². The number of esters is 8. The van der Waals surface area contributed by atoms with Crippen LogP contribution in [-0.4, -0.2) is 131 Å². The van der Waals surface area contributed by atoms with Gasteiger partial charge in [0.1, 0.15) is 18.8 Å². The molecule has 0 amide bonds. The maximum Gasteiger partial charge on any atom is 0.305 e. The van der Waals surface area contributed by atoms with Crippen molar-refractivity contribution in [1.82, 2.24) is 15.0 Å². The monoisotopic (exact) mass is 728 g/mol. The van der Waals surface area contributed by atoms with E-state index in [0.717, 1.165) is 55.4 Å². The van der Waals surface area contributed by atoms with E-state index in [9.17, 15) is 38.4 Å². The Kier molecular flexibility index (Phi) is 13.8. The second kappa shape index (κ2) is 17.5. The summed E-state index contributed by atoms with van der Waals surface area (Å²) in [7, 11) is 0. The number of carbonyl (C=O) groups is 8. The van der Waals surface area contributed by atoms with E-state index in [1.807, 2.05) is 0 Å². The van der Waals surface area contributed by atoms with Gasteiger partial charge in [-0.3, -0.25) is 38.4 Å². The normalized spacial score (nSPS) is 27.2. The second-order valence-corrected chi connectivity index (χ2v) is 11.5. The smallest absolute Gasteiger partial charge is 0.305 e. The molecule has 0 radical (unpaired) electrons. The number of ether oxygens (including phenoxy) is 9. The van der Waals surface area contributed by atoms with Gasteiger partial charge in [-0.05, 0) is 0 Å². The minimum atomic E-state index is -1.63. The average Bonchev–Trinajstić information content (AvgIpc) is 3.44. The van der Waals surface area contributed by atoms with Crippen molar-refractivity contribution in [3.8, 4) is 0 Å². The summed E-state index contributed by atoms with van der Waals surface area (Å²) in [5, 5.41) is 8.28. The number of hydrogen-bond acceptors (Lipinski definition) is 20. The molecule has 3 heterocycles. The van der Waals surface area contributed by atoms with Crippen LogP contribution in [0.15, 0.2) is 6.20 Å². The summed E-state index contributed by atoms with van der Waals surface area (Å²) >= 11 is 0. The Morgan fingerprint density at radius 2 is 1.12 bits per heavy atom. The van der Waals surface area contributed by atoms with Crippen molar-refractivity contribution in [3.63, 3.8) is 0 Å². The first-order valence-corrected chi connectivity index (χ1v) is 15.5. The molecule has 51 heavy (non-hydrogen) atoms. The second-order valence-electron chi connectivity index (χ2n) is 11.5. The van der Waals surface area contributed by atoms with Crippen LogP contribution in [0.3, 0.4) is 0 Å². The highest BCUT2D eigenvalue weighted by atomic mass is 16.7. The zero-order valence-corrected chi connectivity index (χ0v) is 29.1. The standard InChI is InChI=1S/C30H40N4O17/c1-13(35)43-12-21-25(45-15(3)37)26(46-16(4)38)23(44-14(2)36)10-34(21)24-11-33(32-31-24)9-22-27(47-17(5)39)28(48-18(6)40)29(49-19(7)41)30(51-22)50-20(8)42/h11,21-23,25-30H,9-10,12H2,1-8H3/t21-,22+,23+,25+,26+,27+,28-,29+,30+/m0/s1. The topological polar surface area (TPSA) is 254 Å². The molecule has 2 aliphatic rings. The van der Waals surface area contributed by atoms with Crippen LogP contribution in [0.5, 0.6) is 0 Å². The van der Waals surface area contributed by atoms with Crippen LogP contribution in [0.4, 0.5) is 5.82 Å². The first kappa shape index (κ1) is 40.1. The predicted octanol–water partition coefficient (Wildman–Crippen LogP) is -1.09. The van der Waals surface area contributed by atoms with Crippen molar-refractivity contribution < 1.29 is 81.0 Å². The van der Waals surface area contributed by atoms with Gasteiger partial charge in [-0.15, -0.1) is 5.10 Å². The summed E-state index contributed by atoms with van der Waals surface area (Å²) in [5.74, 6) is -6.31. The fourth-order valence-electron chi connectivity index (χ4n) is 5.64. The Morgan fingerprint density at radius 3 is 1.65 bits per heavy atom. The maximum absolute atomic E-state index is 12.2. The first-order chi connectivity index (χ1) is 23.9. The zero-order chi connectivity index (χ0) is 38.2. The minimum absolute atomic E-state index is 0.0495. The van der Waals surface area contributed by atoms with Crippen molar-refractivity contribution in [2.24, 2.45) is 0 Å². The van der Waals surface area contributed by atoms with Gasteiger partial charge in [0, 0.05) is 55.4 Å². The Labute approximate surface area is 291 Å². The van der Waals surface area contributed by atoms with Crippen molar-refractivity contribution in [3.05, 3.63) is 6.20 Å². The summed E-state index contributed by atoms with van der Waals surface area (Å²) in [6.45, 7) is 7.81. The van der Waals surface area contributed by atoms with E-state index in [2.05, 4.69) is 10.3 Å². The van der Waals surface area contributed by atoms with Crippen LogP contribution in [0.25, 0.3) is 0 Å². The molecule has 1 aromatic rings. The predicted molar refractivity (Wildman–Crippen MR) is 162 cm³/mol. The Balaban J connectivity index is 2.07. The Morgan fingerprint density at radius 1 is 0.627 bits per heavy atom. The largest absolute Gasteiger partial charge is 0.464 e. The van der Waals surface area contributed by atoms with E-state index in [-0.39, 0.29) is 18.9 Å². The van der Waals surface area contributed by atoms with Crippen LogP contribution in [0, 0.1) is 0 Å². The minimum Gasteiger partial charge on any atom is -0.464 e. The van der Waals surface area contributed by atoms with Crippen molar-refractivity contribution in [2.75, 3.05) is 18.1 Å². The molecule has 0 bridgehead atoms. The Hall–Kier alpha value is -5.34. The summed E-state index contributed by atoms with van der Waals surface area (Å²) in [4.78, 5) is 98.0. The van der Waals surface area contributed by atoms with E-state index in [1.54, 1.807) is 0 Å². The molecule has 0 spiro atoms. The molecule has 21 nitrogen and oxygen atoms in total. The zero-order valence-electron chi connectivity index (χ0n) is 29.1. The van der Waals surface area contributed by atoms with Gasteiger partial charge in [0.15, 0.2) is 36.3 Å². The van der Waals surface area contributed by atoms with E-state index < -0.39 is 109 Å². The quantitative estimate of drug-likeness (QED) is 0.183. The van der Waals surface area contributed by atoms with Gasteiger partial charge in [-0.1, -0.05) is 5.21 Å². The van der Waals surface area contributed by atoms with Crippen molar-refractivity contribution in [1.29, 1.82) is 0 Å². The molecule has 9 atom stereocenters. The number of piperidine rings is 1. The third-order valence-corrected chi connectivity index (χ3v) is 7.19. The molecule has 0 unspecified atom stereocenters. The SMILES string of the molecule is CC(=O)OC[C@H]1[C@@H](OC(C)=O)[C@H](OC(C)=O)[C@H](OC(C)=O)CN1c1cn(C[C@H]2O[C@@H](OC(C)=O)[C@H](OC(C)=O)[C@@H](OC(C)=O)[C@@H]2OC(C)=O)nn1. The van der Waals surface area contributed by atoms with Gasteiger partial charge in [0.05, 0.1) is 19.3 Å². The van der Waals surface area contributed by atoms with Gasteiger partial charge in [0.25, 0.3) is 0 Å². The van der Waals surface area contributed by atoms with E-state index in [1.165, 1.54) is 15.8 Å². The van der Waals surface area contributed by atoms with Crippen LogP contribution < -0.4 is 4.90 Å². The highest BCUT2D eigenvalue weighted by Gasteiger charge is 2.54. The number of rotatable bonds is 12. The lowest BCUT2D eigenvalue weighted by Gasteiger charge is -2.46. The lowest BCUT2D eigenvalue weighted by Crippen LogP contribution is -2.66. The fraction of sp³-hybridized carbons (Fsp3) is 0.667. The molecular weight excluding hydrogens is 688 g/mol. The molecule has 2 saturated heterocycles. The molecule has 21 heteroatoms. The number of aromatic nitrogens is 3. The molecule has 0 aromatic carbocycles. The van der Waals surface area contributed by atoms with E-state index in [4.69, 9.17) is 42.6 Å². The summed E-state index contributed by atoms with van der Waals surface area (Å²) in [6, 6.07) is -1.06. The number of anilines is 1. The fourth-order valence-corrected chi connectivity index (χ4v) is 5.64. The highest BCUT2D eigenvalue weighted by Crippen LogP contribution is 2.33. The molecular formula is C30H40N4O17. The van der Waals surface area contributed by atoms with Crippen LogP contribution in [0.1, 0.15) is 55.4 Å². The third kappa shape index (κ3) is 11.3. The molecule has 0 N–H and O–H groups in total. The van der Waals surface area contributed by atoms with Gasteiger partial charge >= 0.3 is 47.8 Å². The van der Waals surface area contributed by atoms with E-state index in [0.29, 0.717) is 0 Å². The van der Waals surface area contributed by atoms with Crippen LogP contribution in [0.2, 0.25) is 0 Å². The lowest BCUT2D eigenvalue weighted by atomic mass is 9.93. The van der Waals surface area contributed by atoms with Gasteiger partial charge in [-0.25, -0.2) is 4.68 Å². The van der Waals surface area contributed by atoms with E-state index >= 15 is 0 Å². The number of hydrogen-bond donors (Lipinski definition) is 0. The van der Waals surface area contributed by atoms with Gasteiger partial charge in [-0.2, -0.15) is 0 Å². The summed E-state index contributed by atoms with van der Waals surface area (Å²) < 4.78 is 50.2. The van der Waals surface area contributed by atoms with Crippen LogP contribution >= 0.6 is 0 Å². The molecule has 3 rings (SSSR count). The van der Waals surface area contributed by atoms with Gasteiger partial charge in [0.2, 0.25) is 12.4 Å². The number of nitrogens with zero attached hydrogens (tertiary/aromatic N) is 4. The third-order valence-electron chi connectivity index (χ3n) is 7.19. The molecule has 2 aliphatic heterocycles. The first-order valence-electron chi connectivity index (χ1n) is 15.5. The Bertz CT molecular complexity index is 1500. The average molecular weight is 729 g/mol. The maximum atomic E-state index is 12.2. The van der Waals surface area contributed by atoms with Crippen molar-refractivity contribution >= 4 is 53.6 Å². The molecule has 0 aliphatic carbocycles. The summed E-state index contributed by atoms with van der Waals surface area (Å²) in [6.07, 6.45) is -9.92. The van der Waals surface area contributed by atoms with Crippen LogP contribution in [-0.2, 0) is 87.5 Å². The number of carbonyl (C=O) groups excluding carboxylic acids is 8. The summed E-state index contributed by atoms with van der Waals surface area (Å²) in [5.41, 5.74) is 0. The molecule has 2 fully saturated rings. The van der Waals surface area contributed by atoms with Gasteiger partial charge < -0.3 is 47.5 Å². The molecule has 1 aromatic heterocycles. The molecule has 0 saturated carbocycles. The highest BCUT2D eigenvalue weighted by molar-refractivity contribution is 5.70. The molecule has 282 valence electrons. The lowest BCUT2D eigenvalue weighted by molar-refractivity contribution is -0.297.